The van der Waals surface area contributed by atoms with Gasteiger partial charge in [0.15, 0.2) is 0 Å². The van der Waals surface area contributed by atoms with Crippen LogP contribution < -0.4 is 5.32 Å². The molecule has 88 valence electrons. The van der Waals surface area contributed by atoms with Crippen LogP contribution in [0.25, 0.3) is 0 Å². The highest BCUT2D eigenvalue weighted by atomic mass is 16.6. The summed E-state index contributed by atoms with van der Waals surface area (Å²) >= 11 is 0. The smallest absolute Gasteiger partial charge is 0.410 e. The van der Waals surface area contributed by atoms with Gasteiger partial charge in [0.05, 0.1) is 0 Å². The van der Waals surface area contributed by atoms with Crippen molar-refractivity contribution in [1.82, 2.24) is 10.2 Å². The van der Waals surface area contributed by atoms with Gasteiger partial charge in [0.1, 0.15) is 5.60 Å². The van der Waals surface area contributed by atoms with Gasteiger partial charge in [-0.1, -0.05) is 0 Å². The molecule has 1 heterocycles. The Morgan fingerprint density at radius 2 is 1.93 bits per heavy atom. The zero-order valence-electron chi connectivity index (χ0n) is 10.0. The maximum atomic E-state index is 11.8. The summed E-state index contributed by atoms with van der Waals surface area (Å²) in [7, 11) is 1.86. The maximum absolute atomic E-state index is 11.8. The molecule has 0 unspecified atom stereocenters. The van der Waals surface area contributed by atoms with Crippen LogP contribution in [-0.4, -0.2) is 43.3 Å². The van der Waals surface area contributed by atoms with Crippen molar-refractivity contribution in [3.05, 3.63) is 0 Å². The van der Waals surface area contributed by atoms with Crippen molar-refractivity contribution >= 4 is 6.09 Å². The standard InChI is InChI=1S/C11H22N2O2/c1-11(2,9-12-3)15-10(14)13-7-5-4-6-8-13/h12H,4-9H2,1-3H3. The zero-order chi connectivity index (χ0) is 11.3. The first kappa shape index (κ1) is 12.3. The fourth-order valence-electron chi connectivity index (χ4n) is 1.84. The highest BCUT2D eigenvalue weighted by molar-refractivity contribution is 5.68. The molecule has 1 aliphatic rings. The van der Waals surface area contributed by atoms with Gasteiger partial charge in [-0.25, -0.2) is 4.79 Å². The molecule has 1 amide bonds. The van der Waals surface area contributed by atoms with E-state index in [9.17, 15) is 4.79 Å². The molecule has 0 atom stereocenters. The normalized spacial score (nSPS) is 17.7. The Morgan fingerprint density at radius 1 is 1.33 bits per heavy atom. The van der Waals surface area contributed by atoms with Crippen LogP contribution in [0.4, 0.5) is 4.79 Å². The topological polar surface area (TPSA) is 41.6 Å². The third kappa shape index (κ3) is 4.08. The molecule has 0 radical (unpaired) electrons. The minimum absolute atomic E-state index is 0.171. The van der Waals surface area contributed by atoms with Crippen molar-refractivity contribution in [2.45, 2.75) is 38.7 Å². The first-order valence-electron chi connectivity index (χ1n) is 5.68. The number of hydrogen-bond acceptors (Lipinski definition) is 3. The number of nitrogens with zero attached hydrogens (tertiary/aromatic N) is 1. The van der Waals surface area contributed by atoms with E-state index >= 15 is 0 Å². The van der Waals surface area contributed by atoms with Crippen molar-refractivity contribution in [2.24, 2.45) is 0 Å². The van der Waals surface area contributed by atoms with E-state index in [1.54, 1.807) is 4.90 Å². The number of carbonyl (C=O) groups is 1. The number of ether oxygens (including phenoxy) is 1. The van der Waals surface area contributed by atoms with Gasteiger partial charge in [0.2, 0.25) is 0 Å². The molecule has 0 aromatic heterocycles. The average molecular weight is 214 g/mol. The Labute approximate surface area is 92.0 Å². The first-order valence-corrected chi connectivity index (χ1v) is 5.68. The van der Waals surface area contributed by atoms with Gasteiger partial charge in [-0.3, -0.25) is 0 Å². The summed E-state index contributed by atoms with van der Waals surface area (Å²) < 4.78 is 5.44. The molecule has 15 heavy (non-hydrogen) atoms. The zero-order valence-corrected chi connectivity index (χ0v) is 10.0. The van der Waals surface area contributed by atoms with Crippen molar-refractivity contribution in [1.29, 1.82) is 0 Å². The molecule has 1 saturated heterocycles. The van der Waals surface area contributed by atoms with E-state index in [0.717, 1.165) is 25.9 Å². The van der Waals surface area contributed by atoms with Crippen molar-refractivity contribution in [2.75, 3.05) is 26.7 Å². The summed E-state index contributed by atoms with van der Waals surface area (Å²) in [6.45, 7) is 6.20. The molecule has 0 saturated carbocycles. The third-order valence-electron chi connectivity index (χ3n) is 2.58. The second-order valence-electron chi connectivity index (χ2n) is 4.71. The van der Waals surface area contributed by atoms with Crippen molar-refractivity contribution in [3.8, 4) is 0 Å². The molecule has 0 aliphatic carbocycles. The van der Waals surface area contributed by atoms with Crippen LogP contribution in [-0.2, 0) is 4.74 Å². The fraction of sp³-hybridized carbons (Fsp3) is 0.909. The average Bonchev–Trinajstić information content (AvgIpc) is 2.18. The van der Waals surface area contributed by atoms with Crippen molar-refractivity contribution in [3.63, 3.8) is 0 Å². The highest BCUT2D eigenvalue weighted by Crippen LogP contribution is 2.14. The lowest BCUT2D eigenvalue weighted by Gasteiger charge is -2.31. The van der Waals surface area contributed by atoms with Crippen molar-refractivity contribution < 1.29 is 9.53 Å². The lowest BCUT2D eigenvalue weighted by molar-refractivity contribution is 0.0121. The van der Waals surface area contributed by atoms with Crippen LogP contribution in [0, 0.1) is 0 Å². The van der Waals surface area contributed by atoms with Crippen LogP contribution in [0.3, 0.4) is 0 Å². The van der Waals surface area contributed by atoms with Crippen LogP contribution in [0.2, 0.25) is 0 Å². The van der Waals surface area contributed by atoms with Crippen LogP contribution in [0.5, 0.6) is 0 Å². The highest BCUT2D eigenvalue weighted by Gasteiger charge is 2.26. The maximum Gasteiger partial charge on any atom is 0.410 e. The lowest BCUT2D eigenvalue weighted by Crippen LogP contribution is -2.44. The predicted octanol–water partition coefficient (Wildman–Crippen LogP) is 1.61. The monoisotopic (exact) mass is 214 g/mol. The summed E-state index contributed by atoms with van der Waals surface area (Å²) in [6, 6.07) is 0. The summed E-state index contributed by atoms with van der Waals surface area (Å²) in [5.74, 6) is 0. The fourth-order valence-corrected chi connectivity index (χ4v) is 1.84. The molecule has 0 aromatic carbocycles. The van der Waals surface area contributed by atoms with Crippen LogP contribution >= 0.6 is 0 Å². The Kier molecular flexibility index (Phi) is 4.39. The summed E-state index contributed by atoms with van der Waals surface area (Å²) in [4.78, 5) is 13.6. The number of amides is 1. The molecule has 1 aliphatic heterocycles. The van der Waals surface area contributed by atoms with Crippen LogP contribution in [0.15, 0.2) is 0 Å². The second kappa shape index (κ2) is 5.35. The van der Waals surface area contributed by atoms with E-state index < -0.39 is 5.60 Å². The number of carbonyl (C=O) groups excluding carboxylic acids is 1. The first-order chi connectivity index (χ1) is 7.05. The molecule has 0 bridgehead atoms. The molecule has 1 rings (SSSR count). The third-order valence-corrected chi connectivity index (χ3v) is 2.58. The quantitative estimate of drug-likeness (QED) is 0.776. The van der Waals surface area contributed by atoms with E-state index in [4.69, 9.17) is 4.74 Å². The SMILES string of the molecule is CNCC(C)(C)OC(=O)N1CCCCC1. The second-order valence-corrected chi connectivity index (χ2v) is 4.71. The van der Waals surface area contributed by atoms with E-state index in [1.165, 1.54) is 6.42 Å². The summed E-state index contributed by atoms with van der Waals surface area (Å²) in [5, 5.41) is 3.02. The molecule has 1 N–H and O–H groups in total. The lowest BCUT2D eigenvalue weighted by atomic mass is 10.1. The van der Waals surface area contributed by atoms with E-state index in [-0.39, 0.29) is 6.09 Å². The molecule has 4 nitrogen and oxygen atoms in total. The van der Waals surface area contributed by atoms with E-state index in [1.807, 2.05) is 20.9 Å². The Bertz CT molecular complexity index is 211. The van der Waals surface area contributed by atoms with Gasteiger partial charge in [-0.05, 0) is 40.2 Å². The van der Waals surface area contributed by atoms with E-state index in [0.29, 0.717) is 6.54 Å². The number of nitrogens with one attached hydrogen (secondary N) is 1. The largest absolute Gasteiger partial charge is 0.442 e. The summed E-state index contributed by atoms with van der Waals surface area (Å²) in [6.07, 6.45) is 3.25. The van der Waals surface area contributed by atoms with Gasteiger partial charge in [0.25, 0.3) is 0 Å². The molecule has 0 aromatic rings. The number of hydrogen-bond donors (Lipinski definition) is 1. The Morgan fingerprint density at radius 3 is 2.47 bits per heavy atom. The number of rotatable bonds is 3. The van der Waals surface area contributed by atoms with Gasteiger partial charge in [0, 0.05) is 19.6 Å². The molecular formula is C11H22N2O2. The minimum atomic E-state index is -0.427. The number of piperidine rings is 1. The molecular weight excluding hydrogens is 192 g/mol. The van der Waals surface area contributed by atoms with Crippen LogP contribution in [0.1, 0.15) is 33.1 Å². The van der Waals surface area contributed by atoms with Gasteiger partial charge < -0.3 is 15.0 Å². The summed E-state index contributed by atoms with van der Waals surface area (Å²) in [5.41, 5.74) is -0.427. The molecule has 1 fully saturated rings. The minimum Gasteiger partial charge on any atom is -0.442 e. The number of likely N-dealkylation sites (N-methyl/N-ethyl adjacent to an activating group) is 1. The Hall–Kier alpha value is -0.770. The Balaban J connectivity index is 2.39. The van der Waals surface area contributed by atoms with Gasteiger partial charge >= 0.3 is 6.09 Å². The van der Waals surface area contributed by atoms with E-state index in [2.05, 4.69) is 5.32 Å². The molecule has 4 heteroatoms. The molecule has 0 spiro atoms. The van der Waals surface area contributed by atoms with Gasteiger partial charge in [-0.2, -0.15) is 0 Å². The van der Waals surface area contributed by atoms with Gasteiger partial charge in [-0.15, -0.1) is 0 Å². The number of likely N-dealkylation sites (tertiary alicyclic amines) is 1. The predicted molar refractivity (Wildman–Crippen MR) is 59.9 cm³/mol.